The Morgan fingerprint density at radius 3 is 3.00 bits per heavy atom. The van der Waals surface area contributed by atoms with Crippen LogP contribution in [0.15, 0.2) is 12.3 Å². The molecule has 0 radical (unpaired) electrons. The zero-order valence-electron chi connectivity index (χ0n) is 12.8. The Kier molecular flexibility index (Phi) is 4.98. The van der Waals surface area contributed by atoms with Crippen molar-refractivity contribution in [2.75, 3.05) is 58.4 Å². The number of ether oxygens (including phenoxy) is 1. The van der Waals surface area contributed by atoms with Crippen LogP contribution in [0, 0.1) is 0 Å². The second-order valence-corrected chi connectivity index (χ2v) is 5.43. The monoisotopic (exact) mass is 293 g/mol. The first-order chi connectivity index (χ1) is 10.0. The van der Waals surface area contributed by atoms with E-state index in [1.54, 1.807) is 6.07 Å². The van der Waals surface area contributed by atoms with Gasteiger partial charge in [-0.2, -0.15) is 0 Å². The molecule has 7 heteroatoms. The highest BCUT2D eigenvalue weighted by molar-refractivity contribution is 5.95. The van der Waals surface area contributed by atoms with E-state index in [1.807, 2.05) is 0 Å². The molecule has 1 aliphatic rings. The number of carbonyl (C=O) groups excluding carboxylic acids is 1. The van der Waals surface area contributed by atoms with Crippen LogP contribution < -0.4 is 11.1 Å². The van der Waals surface area contributed by atoms with Gasteiger partial charge >= 0.3 is 5.97 Å². The summed E-state index contributed by atoms with van der Waals surface area (Å²) in [5.41, 5.74) is 6.40. The van der Waals surface area contributed by atoms with E-state index in [4.69, 9.17) is 10.5 Å². The Bertz CT molecular complexity index is 508. The van der Waals surface area contributed by atoms with Gasteiger partial charge in [-0.25, -0.2) is 9.78 Å². The van der Waals surface area contributed by atoms with Crippen molar-refractivity contribution in [3.8, 4) is 0 Å². The molecule has 1 fully saturated rings. The van der Waals surface area contributed by atoms with Crippen LogP contribution in [0.1, 0.15) is 10.4 Å². The van der Waals surface area contributed by atoms with Crippen LogP contribution in [0.2, 0.25) is 0 Å². The van der Waals surface area contributed by atoms with Crippen LogP contribution in [0.25, 0.3) is 0 Å². The number of piperazine rings is 1. The van der Waals surface area contributed by atoms with Gasteiger partial charge in [0.2, 0.25) is 0 Å². The van der Waals surface area contributed by atoms with Crippen LogP contribution in [0.3, 0.4) is 0 Å². The number of pyridine rings is 1. The molecule has 1 aliphatic heterocycles. The molecule has 2 rings (SSSR count). The lowest BCUT2D eigenvalue weighted by molar-refractivity contribution is 0.0602. The molecule has 1 saturated heterocycles. The minimum Gasteiger partial charge on any atom is -0.465 e. The van der Waals surface area contributed by atoms with Crippen molar-refractivity contribution in [1.29, 1.82) is 0 Å². The predicted octanol–water partition coefficient (Wildman–Crippen LogP) is 0.108. The number of hydrogen-bond donors (Lipinski definition) is 2. The highest BCUT2D eigenvalue weighted by Crippen LogP contribution is 2.16. The summed E-state index contributed by atoms with van der Waals surface area (Å²) in [6.07, 6.45) is 1.48. The maximum Gasteiger partial charge on any atom is 0.340 e. The number of anilines is 2. The fourth-order valence-corrected chi connectivity index (χ4v) is 2.39. The van der Waals surface area contributed by atoms with Gasteiger partial charge in [0.05, 0.1) is 24.6 Å². The molecule has 0 spiro atoms. The SMILES string of the molecule is COC(=O)c1cc(NCC2CN(C)CCN2C)ncc1N. The van der Waals surface area contributed by atoms with Crippen molar-refractivity contribution in [2.45, 2.75) is 6.04 Å². The normalized spacial score (nSPS) is 20.2. The van der Waals surface area contributed by atoms with E-state index < -0.39 is 5.97 Å². The lowest BCUT2D eigenvalue weighted by Crippen LogP contribution is -2.52. The maximum absolute atomic E-state index is 11.6. The molecular weight excluding hydrogens is 270 g/mol. The van der Waals surface area contributed by atoms with Gasteiger partial charge in [-0.15, -0.1) is 0 Å². The largest absolute Gasteiger partial charge is 0.465 e. The molecule has 1 unspecified atom stereocenters. The first-order valence-corrected chi connectivity index (χ1v) is 6.97. The first-order valence-electron chi connectivity index (χ1n) is 6.97. The number of aromatic nitrogens is 1. The summed E-state index contributed by atoms with van der Waals surface area (Å²) < 4.78 is 4.71. The standard InChI is InChI=1S/C14H23N5O2/c1-18-4-5-19(2)10(9-18)7-16-13-6-11(14(20)21-3)12(15)8-17-13/h6,8,10H,4-5,7,9,15H2,1-3H3,(H,16,17). The van der Waals surface area contributed by atoms with E-state index in [1.165, 1.54) is 13.3 Å². The number of nitrogen functional groups attached to an aromatic ring is 1. The Balaban J connectivity index is 2.01. The first kappa shape index (κ1) is 15.5. The van der Waals surface area contributed by atoms with Crippen LogP contribution >= 0.6 is 0 Å². The summed E-state index contributed by atoms with van der Waals surface area (Å²) >= 11 is 0. The number of nitrogens with two attached hydrogens (primary N) is 1. The highest BCUT2D eigenvalue weighted by atomic mass is 16.5. The predicted molar refractivity (Wildman–Crippen MR) is 82.4 cm³/mol. The molecule has 0 aliphatic carbocycles. The van der Waals surface area contributed by atoms with Gasteiger partial charge in [-0.1, -0.05) is 0 Å². The third kappa shape index (κ3) is 3.83. The summed E-state index contributed by atoms with van der Waals surface area (Å²) in [6, 6.07) is 2.04. The van der Waals surface area contributed by atoms with Crippen molar-refractivity contribution in [2.24, 2.45) is 0 Å². The molecule has 0 bridgehead atoms. The quantitative estimate of drug-likeness (QED) is 0.762. The molecule has 116 valence electrons. The van der Waals surface area contributed by atoms with Gasteiger partial charge in [0, 0.05) is 32.2 Å². The third-order valence-corrected chi connectivity index (χ3v) is 3.84. The Labute approximate surface area is 125 Å². The summed E-state index contributed by atoms with van der Waals surface area (Å²) in [4.78, 5) is 20.5. The number of esters is 1. The zero-order chi connectivity index (χ0) is 15.4. The molecule has 2 heterocycles. The van der Waals surface area contributed by atoms with Gasteiger partial charge in [-0.05, 0) is 20.2 Å². The fourth-order valence-electron chi connectivity index (χ4n) is 2.39. The number of carbonyl (C=O) groups is 1. The lowest BCUT2D eigenvalue weighted by atomic mass is 10.2. The van der Waals surface area contributed by atoms with Gasteiger partial charge < -0.3 is 20.7 Å². The van der Waals surface area contributed by atoms with Crippen molar-refractivity contribution >= 4 is 17.5 Å². The Morgan fingerprint density at radius 2 is 2.29 bits per heavy atom. The average Bonchev–Trinajstić information content (AvgIpc) is 2.48. The fraction of sp³-hybridized carbons (Fsp3) is 0.571. The molecule has 21 heavy (non-hydrogen) atoms. The van der Waals surface area contributed by atoms with Crippen LogP contribution in [-0.4, -0.2) is 74.2 Å². The number of methoxy groups -OCH3 is 1. The van der Waals surface area contributed by atoms with Crippen molar-refractivity contribution < 1.29 is 9.53 Å². The molecule has 7 nitrogen and oxygen atoms in total. The van der Waals surface area contributed by atoms with Crippen LogP contribution in [0.5, 0.6) is 0 Å². The van der Waals surface area contributed by atoms with Gasteiger partial charge in [0.1, 0.15) is 5.82 Å². The molecule has 1 atom stereocenters. The minimum atomic E-state index is -0.451. The Hall–Kier alpha value is -1.86. The molecule has 3 N–H and O–H groups in total. The third-order valence-electron chi connectivity index (χ3n) is 3.84. The number of rotatable bonds is 4. The van der Waals surface area contributed by atoms with Crippen molar-refractivity contribution in [1.82, 2.24) is 14.8 Å². The number of nitrogens with one attached hydrogen (secondary N) is 1. The van der Waals surface area contributed by atoms with Crippen LogP contribution in [-0.2, 0) is 4.74 Å². The van der Waals surface area contributed by atoms with E-state index in [0.717, 1.165) is 26.2 Å². The minimum absolute atomic E-state index is 0.321. The lowest BCUT2D eigenvalue weighted by Gasteiger charge is -2.37. The average molecular weight is 293 g/mol. The van der Waals surface area contributed by atoms with E-state index in [0.29, 0.717) is 23.1 Å². The second-order valence-electron chi connectivity index (χ2n) is 5.43. The summed E-state index contributed by atoms with van der Waals surface area (Å²) in [5.74, 6) is 0.179. The maximum atomic E-state index is 11.6. The van der Waals surface area contributed by atoms with Gasteiger partial charge in [0.25, 0.3) is 0 Å². The van der Waals surface area contributed by atoms with Crippen molar-refractivity contribution in [3.63, 3.8) is 0 Å². The van der Waals surface area contributed by atoms with Gasteiger partial charge in [0.15, 0.2) is 0 Å². The van der Waals surface area contributed by atoms with Crippen molar-refractivity contribution in [3.05, 3.63) is 17.8 Å². The smallest absolute Gasteiger partial charge is 0.340 e. The molecular formula is C14H23N5O2. The van der Waals surface area contributed by atoms with E-state index in [-0.39, 0.29) is 0 Å². The molecule has 0 amide bonds. The Morgan fingerprint density at radius 1 is 1.52 bits per heavy atom. The summed E-state index contributed by atoms with van der Waals surface area (Å²) in [5, 5.41) is 3.27. The molecule has 0 aromatic carbocycles. The van der Waals surface area contributed by atoms with Gasteiger partial charge in [-0.3, -0.25) is 4.90 Å². The number of hydrogen-bond acceptors (Lipinski definition) is 7. The molecule has 1 aromatic rings. The van der Waals surface area contributed by atoms with E-state index >= 15 is 0 Å². The van der Waals surface area contributed by atoms with E-state index in [2.05, 4.69) is 34.2 Å². The highest BCUT2D eigenvalue weighted by Gasteiger charge is 2.22. The summed E-state index contributed by atoms with van der Waals surface area (Å²) in [6.45, 7) is 3.89. The summed E-state index contributed by atoms with van der Waals surface area (Å²) in [7, 11) is 5.58. The molecule has 1 aromatic heterocycles. The number of nitrogens with zero attached hydrogens (tertiary/aromatic N) is 3. The number of likely N-dealkylation sites (N-methyl/N-ethyl adjacent to an activating group) is 2. The van der Waals surface area contributed by atoms with E-state index in [9.17, 15) is 4.79 Å². The molecule has 0 saturated carbocycles. The zero-order valence-corrected chi connectivity index (χ0v) is 12.8. The van der Waals surface area contributed by atoms with Crippen LogP contribution in [0.4, 0.5) is 11.5 Å². The second kappa shape index (κ2) is 6.73. The topological polar surface area (TPSA) is 83.7 Å².